The van der Waals surface area contributed by atoms with Gasteiger partial charge in [-0.25, -0.2) is 0 Å². The Morgan fingerprint density at radius 1 is 1.22 bits per heavy atom. The summed E-state index contributed by atoms with van der Waals surface area (Å²) in [6.07, 6.45) is 0. The van der Waals surface area contributed by atoms with Gasteiger partial charge in [0.15, 0.2) is 0 Å². The lowest BCUT2D eigenvalue weighted by Crippen LogP contribution is -2.33. The molecule has 1 atom stereocenters. The van der Waals surface area contributed by atoms with Crippen molar-refractivity contribution in [1.82, 2.24) is 4.90 Å². The van der Waals surface area contributed by atoms with Crippen LogP contribution in [0.25, 0.3) is 0 Å². The largest absolute Gasteiger partial charge is 0.330 e. The molecule has 18 heavy (non-hydrogen) atoms. The van der Waals surface area contributed by atoms with E-state index in [0.29, 0.717) is 11.8 Å². The van der Waals surface area contributed by atoms with Gasteiger partial charge in [-0.15, -0.1) is 0 Å². The molecule has 1 aromatic carbocycles. The van der Waals surface area contributed by atoms with Gasteiger partial charge in [-0.2, -0.15) is 0 Å². The highest BCUT2D eigenvalue weighted by atomic mass is 15.1. The van der Waals surface area contributed by atoms with Crippen LogP contribution in [-0.2, 0) is 6.54 Å². The molecule has 0 heterocycles. The Hall–Kier alpha value is -0.860. The Morgan fingerprint density at radius 2 is 1.89 bits per heavy atom. The molecule has 0 spiro atoms. The summed E-state index contributed by atoms with van der Waals surface area (Å²) in [7, 11) is 2.18. The molecule has 1 rings (SSSR count). The van der Waals surface area contributed by atoms with E-state index in [1.807, 2.05) is 0 Å². The Labute approximate surface area is 112 Å². The molecule has 1 unspecified atom stereocenters. The molecule has 0 saturated carbocycles. The van der Waals surface area contributed by atoms with Gasteiger partial charge >= 0.3 is 0 Å². The summed E-state index contributed by atoms with van der Waals surface area (Å²) in [5.74, 6) is 1.23. The third-order valence-electron chi connectivity index (χ3n) is 3.73. The van der Waals surface area contributed by atoms with Crippen LogP contribution in [0, 0.1) is 25.7 Å². The van der Waals surface area contributed by atoms with E-state index in [4.69, 9.17) is 5.73 Å². The van der Waals surface area contributed by atoms with Crippen LogP contribution < -0.4 is 5.73 Å². The molecule has 1 aromatic rings. The number of hydrogen-bond acceptors (Lipinski definition) is 2. The summed E-state index contributed by atoms with van der Waals surface area (Å²) >= 11 is 0. The third kappa shape index (κ3) is 4.43. The van der Waals surface area contributed by atoms with Crippen LogP contribution in [-0.4, -0.2) is 25.0 Å². The standard InChI is InChI=1S/C16H28N2/c1-12(2)16(9-17)11-18(5)10-15-7-6-13(3)8-14(15)4/h6-8,12,16H,9-11,17H2,1-5H3. The second kappa shape index (κ2) is 6.91. The van der Waals surface area contributed by atoms with E-state index in [1.165, 1.54) is 16.7 Å². The summed E-state index contributed by atoms with van der Waals surface area (Å²) in [4.78, 5) is 2.38. The van der Waals surface area contributed by atoms with E-state index >= 15 is 0 Å². The highest BCUT2D eigenvalue weighted by Gasteiger charge is 2.14. The second-order valence-electron chi connectivity index (χ2n) is 5.87. The zero-order chi connectivity index (χ0) is 13.7. The first-order valence-corrected chi connectivity index (χ1v) is 6.88. The summed E-state index contributed by atoms with van der Waals surface area (Å²) in [6.45, 7) is 11.7. The monoisotopic (exact) mass is 248 g/mol. The molecule has 2 N–H and O–H groups in total. The van der Waals surface area contributed by atoms with Crippen molar-refractivity contribution in [3.8, 4) is 0 Å². The lowest BCUT2D eigenvalue weighted by atomic mass is 9.95. The number of nitrogens with two attached hydrogens (primary N) is 1. The van der Waals surface area contributed by atoms with E-state index in [9.17, 15) is 0 Å². The first-order chi connectivity index (χ1) is 8.43. The summed E-state index contributed by atoms with van der Waals surface area (Å²) < 4.78 is 0. The van der Waals surface area contributed by atoms with Gasteiger partial charge in [0, 0.05) is 13.1 Å². The summed E-state index contributed by atoms with van der Waals surface area (Å²) in [6, 6.07) is 6.69. The minimum atomic E-state index is 0.584. The van der Waals surface area contributed by atoms with Crippen molar-refractivity contribution in [3.05, 3.63) is 34.9 Å². The van der Waals surface area contributed by atoms with Crippen molar-refractivity contribution < 1.29 is 0 Å². The van der Waals surface area contributed by atoms with Gasteiger partial charge in [0.25, 0.3) is 0 Å². The van der Waals surface area contributed by atoms with E-state index < -0.39 is 0 Å². The topological polar surface area (TPSA) is 29.3 Å². The molecule has 2 nitrogen and oxygen atoms in total. The normalized spacial score (nSPS) is 13.3. The van der Waals surface area contributed by atoms with Crippen molar-refractivity contribution in [3.63, 3.8) is 0 Å². The van der Waals surface area contributed by atoms with Gasteiger partial charge in [0.1, 0.15) is 0 Å². The SMILES string of the molecule is Cc1ccc(CN(C)CC(CN)C(C)C)c(C)c1. The maximum Gasteiger partial charge on any atom is 0.0233 e. The highest BCUT2D eigenvalue weighted by Crippen LogP contribution is 2.15. The summed E-state index contributed by atoms with van der Waals surface area (Å²) in [5, 5.41) is 0. The number of aryl methyl sites for hydroxylation is 2. The molecular weight excluding hydrogens is 220 g/mol. The lowest BCUT2D eigenvalue weighted by Gasteiger charge is -2.26. The molecule has 0 bridgehead atoms. The maximum atomic E-state index is 5.84. The Balaban J connectivity index is 2.61. The van der Waals surface area contributed by atoms with Crippen LogP contribution in [0.15, 0.2) is 18.2 Å². The van der Waals surface area contributed by atoms with E-state index in [1.54, 1.807) is 0 Å². The van der Waals surface area contributed by atoms with Crippen molar-refractivity contribution >= 4 is 0 Å². The van der Waals surface area contributed by atoms with Crippen LogP contribution in [0.1, 0.15) is 30.5 Å². The van der Waals surface area contributed by atoms with Crippen LogP contribution in [0.3, 0.4) is 0 Å². The summed E-state index contributed by atoms with van der Waals surface area (Å²) in [5.41, 5.74) is 9.98. The van der Waals surface area contributed by atoms with Crippen LogP contribution in [0.5, 0.6) is 0 Å². The number of benzene rings is 1. The van der Waals surface area contributed by atoms with Crippen LogP contribution in [0.2, 0.25) is 0 Å². The van der Waals surface area contributed by atoms with Gasteiger partial charge in [-0.3, -0.25) is 0 Å². The van der Waals surface area contributed by atoms with E-state index in [2.05, 4.69) is 57.8 Å². The lowest BCUT2D eigenvalue weighted by molar-refractivity contribution is 0.234. The van der Waals surface area contributed by atoms with Gasteiger partial charge in [0.2, 0.25) is 0 Å². The highest BCUT2D eigenvalue weighted by molar-refractivity contribution is 5.30. The second-order valence-corrected chi connectivity index (χ2v) is 5.87. The van der Waals surface area contributed by atoms with Gasteiger partial charge in [-0.05, 0) is 50.4 Å². The number of rotatable bonds is 6. The molecule has 0 aliphatic rings. The average molecular weight is 248 g/mol. The van der Waals surface area contributed by atoms with E-state index in [0.717, 1.165) is 19.6 Å². The first-order valence-electron chi connectivity index (χ1n) is 6.88. The molecule has 102 valence electrons. The first kappa shape index (κ1) is 15.2. The fraction of sp³-hybridized carbons (Fsp3) is 0.625. The molecule has 0 saturated heterocycles. The molecule has 0 aromatic heterocycles. The van der Waals surface area contributed by atoms with Crippen molar-refractivity contribution in [2.45, 2.75) is 34.2 Å². The molecular formula is C16H28N2. The van der Waals surface area contributed by atoms with Gasteiger partial charge in [0.05, 0.1) is 0 Å². The molecule has 0 amide bonds. The minimum Gasteiger partial charge on any atom is -0.330 e. The molecule has 0 fully saturated rings. The van der Waals surface area contributed by atoms with E-state index in [-0.39, 0.29) is 0 Å². The molecule has 2 heteroatoms. The minimum absolute atomic E-state index is 0.584. The maximum absolute atomic E-state index is 5.84. The fourth-order valence-corrected chi connectivity index (χ4v) is 2.34. The number of hydrogen-bond donors (Lipinski definition) is 1. The zero-order valence-corrected chi connectivity index (χ0v) is 12.5. The van der Waals surface area contributed by atoms with Crippen molar-refractivity contribution in [1.29, 1.82) is 0 Å². The Kier molecular flexibility index (Phi) is 5.83. The molecule has 0 radical (unpaired) electrons. The third-order valence-corrected chi connectivity index (χ3v) is 3.73. The van der Waals surface area contributed by atoms with Gasteiger partial charge < -0.3 is 10.6 Å². The Morgan fingerprint density at radius 3 is 2.39 bits per heavy atom. The fourth-order valence-electron chi connectivity index (χ4n) is 2.34. The number of nitrogens with zero attached hydrogens (tertiary/aromatic N) is 1. The predicted molar refractivity (Wildman–Crippen MR) is 79.6 cm³/mol. The van der Waals surface area contributed by atoms with Crippen molar-refractivity contribution in [2.75, 3.05) is 20.1 Å². The molecule has 0 aliphatic heterocycles. The molecule has 0 aliphatic carbocycles. The van der Waals surface area contributed by atoms with Crippen LogP contribution in [0.4, 0.5) is 0 Å². The van der Waals surface area contributed by atoms with Crippen LogP contribution >= 0.6 is 0 Å². The van der Waals surface area contributed by atoms with Crippen molar-refractivity contribution in [2.24, 2.45) is 17.6 Å². The van der Waals surface area contributed by atoms with Gasteiger partial charge in [-0.1, -0.05) is 37.6 Å². The quantitative estimate of drug-likeness (QED) is 0.838. The predicted octanol–water partition coefficient (Wildman–Crippen LogP) is 2.97. The average Bonchev–Trinajstić information content (AvgIpc) is 2.29. The smallest absolute Gasteiger partial charge is 0.0233 e. The zero-order valence-electron chi connectivity index (χ0n) is 12.5. The Bertz CT molecular complexity index is 371.